The summed E-state index contributed by atoms with van der Waals surface area (Å²) in [4.78, 5) is 3.49. The molecule has 0 aliphatic carbocycles. The molecule has 3 heteroatoms. The van der Waals surface area contributed by atoms with Gasteiger partial charge in [0.05, 0.1) is 15.4 Å². The number of hydrogen-bond donors (Lipinski definition) is 1. The zero-order valence-corrected chi connectivity index (χ0v) is 11.0. The lowest BCUT2D eigenvalue weighted by molar-refractivity contribution is -0.457. The zero-order valence-electron chi connectivity index (χ0n) is 9.37. The molecule has 0 fully saturated rings. The Labute approximate surface area is 111 Å². The van der Waals surface area contributed by atoms with Gasteiger partial charge in [0.25, 0.3) is 0 Å². The first-order valence-electron chi connectivity index (χ1n) is 5.93. The third kappa shape index (κ3) is 0.831. The van der Waals surface area contributed by atoms with E-state index in [1.807, 2.05) is 0 Å². The van der Waals surface area contributed by atoms with E-state index in [0.717, 1.165) is 0 Å². The van der Waals surface area contributed by atoms with Crippen molar-refractivity contribution < 1.29 is 4.40 Å². The number of aromatic nitrogens is 2. The molecule has 0 amide bonds. The van der Waals surface area contributed by atoms with E-state index in [-0.39, 0.29) is 0 Å². The summed E-state index contributed by atoms with van der Waals surface area (Å²) < 4.78 is 3.51. The Morgan fingerprint density at radius 1 is 0.889 bits per heavy atom. The molecule has 2 nitrogen and oxygen atoms in total. The third-order valence-corrected chi connectivity index (χ3v) is 4.47. The van der Waals surface area contributed by atoms with E-state index in [1.165, 1.54) is 42.8 Å². The first-order valence-corrected chi connectivity index (χ1v) is 6.72. The fraction of sp³-hybridized carbons (Fsp3) is 0. The molecule has 18 heavy (non-hydrogen) atoms. The van der Waals surface area contributed by atoms with Crippen LogP contribution in [0.25, 0.3) is 38.4 Å². The van der Waals surface area contributed by atoms with Gasteiger partial charge < -0.3 is 4.98 Å². The SMILES string of the molecule is Brc1ccc2c3cc4[nH]c5ccccc5c4[n+]2c13. The summed E-state index contributed by atoms with van der Waals surface area (Å²) in [5.41, 5.74) is 6.31. The number of para-hydroxylation sites is 1. The monoisotopic (exact) mass is 295 g/mol. The smallest absolute Gasteiger partial charge is 0.244 e. The molecule has 0 aliphatic heterocycles. The van der Waals surface area contributed by atoms with Gasteiger partial charge in [-0.3, -0.25) is 0 Å². The highest BCUT2D eigenvalue weighted by molar-refractivity contribution is 9.10. The van der Waals surface area contributed by atoms with Crippen molar-refractivity contribution in [3.05, 3.63) is 46.9 Å². The Balaban J connectivity index is 2.20. The lowest BCUT2D eigenvalue weighted by atomic mass is 10.1. The van der Waals surface area contributed by atoms with Gasteiger partial charge in [-0.05, 0) is 40.2 Å². The first-order chi connectivity index (χ1) is 8.84. The summed E-state index contributed by atoms with van der Waals surface area (Å²) >= 11 is 3.64. The third-order valence-electron chi connectivity index (χ3n) is 3.83. The predicted octanol–water partition coefficient (Wildman–Crippen LogP) is 3.85. The Morgan fingerprint density at radius 2 is 1.78 bits per heavy atom. The molecule has 2 aromatic carbocycles. The Hall–Kier alpha value is -1.87. The number of pyridine rings is 3. The highest BCUT2D eigenvalue weighted by Gasteiger charge is 2.30. The van der Waals surface area contributed by atoms with Crippen molar-refractivity contribution in [2.24, 2.45) is 0 Å². The second kappa shape index (κ2) is 2.75. The zero-order chi connectivity index (χ0) is 11.9. The maximum Gasteiger partial charge on any atom is 0.244 e. The van der Waals surface area contributed by atoms with E-state index in [4.69, 9.17) is 0 Å². The second-order valence-corrected chi connectivity index (χ2v) is 5.60. The van der Waals surface area contributed by atoms with E-state index >= 15 is 0 Å². The summed E-state index contributed by atoms with van der Waals surface area (Å²) in [6.45, 7) is 0. The Bertz CT molecular complexity index is 1030. The first kappa shape index (κ1) is 9.11. The molecular weight excluding hydrogens is 288 g/mol. The number of aromatic amines is 1. The van der Waals surface area contributed by atoms with Crippen LogP contribution in [0.4, 0.5) is 0 Å². The van der Waals surface area contributed by atoms with Crippen LogP contribution >= 0.6 is 15.9 Å². The van der Waals surface area contributed by atoms with Gasteiger partial charge in [-0.25, -0.2) is 0 Å². The molecule has 6 aromatic rings. The Morgan fingerprint density at radius 3 is 2.67 bits per heavy atom. The minimum Gasteiger partial charge on any atom is -0.349 e. The summed E-state index contributed by atoms with van der Waals surface area (Å²) in [5.74, 6) is 0. The van der Waals surface area contributed by atoms with Gasteiger partial charge in [-0.2, -0.15) is 0 Å². The number of hydrogen-bond acceptors (Lipinski definition) is 0. The predicted molar refractivity (Wildman–Crippen MR) is 76.5 cm³/mol. The summed E-state index contributed by atoms with van der Waals surface area (Å²) in [6.07, 6.45) is 0. The molecule has 4 heterocycles. The molecule has 0 saturated carbocycles. The number of fused-ring (bicyclic) bond motifs is 5. The van der Waals surface area contributed by atoms with Crippen molar-refractivity contribution in [1.29, 1.82) is 0 Å². The molecule has 6 rings (SSSR count). The van der Waals surface area contributed by atoms with Crippen molar-refractivity contribution in [2.45, 2.75) is 0 Å². The molecule has 0 saturated heterocycles. The van der Waals surface area contributed by atoms with Gasteiger partial charge in [0, 0.05) is 6.07 Å². The lowest BCUT2D eigenvalue weighted by Crippen LogP contribution is -2.30. The number of nitrogens with one attached hydrogen (secondary N) is 1. The summed E-state index contributed by atoms with van der Waals surface area (Å²) in [7, 11) is 0. The number of benzene rings is 2. The maximum absolute atomic E-state index is 3.64. The second-order valence-electron chi connectivity index (χ2n) is 4.74. The molecule has 84 valence electrons. The highest BCUT2D eigenvalue weighted by Crippen LogP contribution is 2.35. The van der Waals surface area contributed by atoms with Crippen LogP contribution in [-0.4, -0.2) is 4.98 Å². The van der Waals surface area contributed by atoms with Gasteiger partial charge >= 0.3 is 0 Å². The van der Waals surface area contributed by atoms with Gasteiger partial charge in [0.15, 0.2) is 0 Å². The number of H-pyrrole nitrogens is 1. The van der Waals surface area contributed by atoms with Crippen LogP contribution in [0.5, 0.6) is 0 Å². The molecule has 0 unspecified atom stereocenters. The lowest BCUT2D eigenvalue weighted by Gasteiger charge is -2.08. The van der Waals surface area contributed by atoms with Crippen LogP contribution in [0.2, 0.25) is 0 Å². The van der Waals surface area contributed by atoms with E-state index in [0.29, 0.717) is 0 Å². The van der Waals surface area contributed by atoms with E-state index in [1.54, 1.807) is 0 Å². The molecular formula is C15H8BrN2+. The average Bonchev–Trinajstić information content (AvgIpc) is 2.77. The quantitative estimate of drug-likeness (QED) is 0.419. The van der Waals surface area contributed by atoms with Crippen molar-refractivity contribution >= 4 is 54.3 Å². The molecule has 4 aromatic heterocycles. The molecule has 1 N–H and O–H groups in total. The largest absolute Gasteiger partial charge is 0.349 e. The van der Waals surface area contributed by atoms with E-state index in [2.05, 4.69) is 67.8 Å². The van der Waals surface area contributed by atoms with Crippen molar-refractivity contribution in [2.75, 3.05) is 0 Å². The summed E-state index contributed by atoms with van der Waals surface area (Å²) in [5, 5.41) is 2.62. The van der Waals surface area contributed by atoms with Gasteiger partial charge in [-0.15, -0.1) is 4.40 Å². The van der Waals surface area contributed by atoms with Crippen molar-refractivity contribution in [1.82, 2.24) is 4.98 Å². The van der Waals surface area contributed by atoms with Crippen LogP contribution in [-0.2, 0) is 0 Å². The molecule has 0 aliphatic rings. The van der Waals surface area contributed by atoms with Crippen LogP contribution in [0.3, 0.4) is 0 Å². The van der Waals surface area contributed by atoms with Gasteiger partial charge in [-0.1, -0.05) is 12.1 Å². The fourth-order valence-corrected chi connectivity index (χ4v) is 3.60. The topological polar surface area (TPSA) is 19.9 Å². The maximum atomic E-state index is 3.64. The number of rotatable bonds is 0. The van der Waals surface area contributed by atoms with Crippen molar-refractivity contribution in [3.63, 3.8) is 0 Å². The average molecular weight is 296 g/mol. The highest BCUT2D eigenvalue weighted by atomic mass is 79.9. The standard InChI is InChI=1S/C15H7BrN2/c16-10-5-6-13-9-7-12-15(18(13)14(9)10)8-3-1-2-4-11(8)17-12/h1-7H/p+1. The number of nitrogens with zero attached hydrogens (tertiary/aromatic N) is 1. The van der Waals surface area contributed by atoms with Gasteiger partial charge in [0.2, 0.25) is 16.6 Å². The summed E-state index contributed by atoms with van der Waals surface area (Å²) in [6, 6.07) is 15.0. The van der Waals surface area contributed by atoms with Gasteiger partial charge in [0.1, 0.15) is 10.9 Å². The Kier molecular flexibility index (Phi) is 1.39. The number of halogens is 1. The van der Waals surface area contributed by atoms with Crippen LogP contribution < -0.4 is 4.40 Å². The normalized spacial score (nSPS) is 12.7. The van der Waals surface area contributed by atoms with E-state index < -0.39 is 0 Å². The van der Waals surface area contributed by atoms with Crippen LogP contribution in [0.1, 0.15) is 0 Å². The molecule has 0 radical (unpaired) electrons. The van der Waals surface area contributed by atoms with E-state index in [9.17, 15) is 0 Å². The molecule has 0 spiro atoms. The fourth-order valence-electron chi connectivity index (χ4n) is 3.07. The van der Waals surface area contributed by atoms with Crippen LogP contribution in [0, 0.1) is 0 Å². The van der Waals surface area contributed by atoms with Crippen LogP contribution in [0.15, 0.2) is 46.9 Å². The minimum absolute atomic E-state index is 1.17. The van der Waals surface area contributed by atoms with Crippen molar-refractivity contribution in [3.8, 4) is 0 Å². The molecule has 0 atom stereocenters. The minimum atomic E-state index is 1.17. The molecule has 4 bridgehead atoms.